The van der Waals surface area contributed by atoms with Crippen LogP contribution >= 0.6 is 11.3 Å². The maximum atomic E-state index is 13.0. The molecule has 4 fully saturated rings. The van der Waals surface area contributed by atoms with E-state index in [0.717, 1.165) is 44.9 Å². The molecule has 33 heavy (non-hydrogen) atoms. The van der Waals surface area contributed by atoms with Gasteiger partial charge >= 0.3 is 0 Å². The molecule has 0 aliphatic heterocycles. The molecule has 4 aromatic heterocycles. The van der Waals surface area contributed by atoms with Gasteiger partial charge in [-0.1, -0.05) is 11.3 Å². The molecular formula is C25H24N6OS. The predicted octanol–water partition coefficient (Wildman–Crippen LogP) is 5.20. The van der Waals surface area contributed by atoms with Gasteiger partial charge in [-0.3, -0.25) is 15.1 Å². The van der Waals surface area contributed by atoms with E-state index in [1.165, 1.54) is 38.5 Å². The molecule has 4 aliphatic carbocycles. The van der Waals surface area contributed by atoms with Gasteiger partial charge in [0.05, 0.1) is 0 Å². The number of rotatable bonds is 4. The van der Waals surface area contributed by atoms with Crippen LogP contribution in [0.4, 0.5) is 5.13 Å². The number of hydrogen-bond acceptors (Lipinski definition) is 6. The molecule has 0 spiro atoms. The van der Waals surface area contributed by atoms with Gasteiger partial charge in [0.1, 0.15) is 16.3 Å². The van der Waals surface area contributed by atoms with Gasteiger partial charge in [-0.2, -0.15) is 0 Å². The van der Waals surface area contributed by atoms with Gasteiger partial charge in [-0.05, 0) is 86.1 Å². The molecule has 8 rings (SSSR count). The van der Waals surface area contributed by atoms with E-state index in [4.69, 9.17) is 0 Å². The van der Waals surface area contributed by atoms with Gasteiger partial charge in [0.2, 0.25) is 5.13 Å². The van der Waals surface area contributed by atoms with Crippen LogP contribution in [0.15, 0.2) is 42.9 Å². The van der Waals surface area contributed by atoms with Gasteiger partial charge in [0, 0.05) is 35.0 Å². The Bertz CT molecular complexity index is 1340. The summed E-state index contributed by atoms with van der Waals surface area (Å²) < 4.78 is 0. The first-order valence-corrected chi connectivity index (χ1v) is 12.5. The molecule has 0 saturated heterocycles. The molecule has 1 amide bonds. The minimum atomic E-state index is -0.263. The number of nitrogens with one attached hydrogen (secondary N) is 2. The topological polar surface area (TPSA) is 96.5 Å². The average Bonchev–Trinajstić information content (AvgIpc) is 3.48. The Kier molecular flexibility index (Phi) is 4.21. The summed E-state index contributed by atoms with van der Waals surface area (Å²) in [4.78, 5) is 24.8. The zero-order valence-corrected chi connectivity index (χ0v) is 18.9. The van der Waals surface area contributed by atoms with Crippen LogP contribution in [-0.4, -0.2) is 31.1 Å². The highest BCUT2D eigenvalue weighted by Gasteiger charge is 2.53. The summed E-state index contributed by atoms with van der Waals surface area (Å²) in [7, 11) is 0. The minimum Gasteiger partial charge on any atom is -0.346 e. The van der Waals surface area contributed by atoms with Crippen molar-refractivity contribution in [1.29, 1.82) is 0 Å². The molecule has 4 aromatic rings. The van der Waals surface area contributed by atoms with Crippen LogP contribution in [0.25, 0.3) is 22.2 Å². The lowest BCUT2D eigenvalue weighted by Crippen LogP contribution is -2.48. The van der Waals surface area contributed by atoms with Crippen LogP contribution in [0.1, 0.15) is 54.0 Å². The number of aromatic amines is 1. The third-order valence-corrected chi connectivity index (χ3v) is 8.95. The van der Waals surface area contributed by atoms with Crippen molar-refractivity contribution in [2.24, 2.45) is 17.8 Å². The van der Waals surface area contributed by atoms with E-state index >= 15 is 0 Å². The number of amides is 1. The van der Waals surface area contributed by atoms with Crippen LogP contribution in [0, 0.1) is 17.8 Å². The summed E-state index contributed by atoms with van der Waals surface area (Å²) in [6, 6.07) is 7.73. The third-order valence-electron chi connectivity index (χ3n) is 7.86. The minimum absolute atomic E-state index is 0.192. The maximum Gasteiger partial charge on any atom is 0.276 e. The molecule has 4 aliphatic rings. The molecule has 8 heteroatoms. The molecular weight excluding hydrogens is 432 g/mol. The van der Waals surface area contributed by atoms with E-state index in [1.807, 2.05) is 18.3 Å². The van der Waals surface area contributed by atoms with E-state index in [1.54, 1.807) is 29.8 Å². The first-order chi connectivity index (χ1) is 16.1. The van der Waals surface area contributed by atoms with Gasteiger partial charge in [-0.25, -0.2) is 4.98 Å². The van der Waals surface area contributed by atoms with Gasteiger partial charge in [-0.15, -0.1) is 10.2 Å². The molecule has 4 heterocycles. The van der Waals surface area contributed by atoms with E-state index in [-0.39, 0.29) is 11.3 Å². The lowest BCUT2D eigenvalue weighted by atomic mass is 9.50. The van der Waals surface area contributed by atoms with Crippen LogP contribution < -0.4 is 5.32 Å². The number of carbonyl (C=O) groups is 1. The first kappa shape index (κ1) is 19.3. The molecule has 2 N–H and O–H groups in total. The number of pyridine rings is 2. The van der Waals surface area contributed by atoms with Crippen molar-refractivity contribution in [3.05, 3.63) is 53.6 Å². The molecule has 166 valence electrons. The smallest absolute Gasteiger partial charge is 0.276 e. The maximum absolute atomic E-state index is 13.0. The first-order valence-electron chi connectivity index (χ1n) is 11.7. The second-order valence-electron chi connectivity index (χ2n) is 10.1. The lowest BCUT2D eigenvalue weighted by Gasteiger charge is -2.55. The van der Waals surface area contributed by atoms with Crippen LogP contribution in [0.5, 0.6) is 0 Å². The van der Waals surface area contributed by atoms with Gasteiger partial charge in [0.25, 0.3) is 5.91 Å². The number of fused-ring (bicyclic) bond motifs is 1. The summed E-state index contributed by atoms with van der Waals surface area (Å²) >= 11 is 1.55. The fourth-order valence-electron chi connectivity index (χ4n) is 6.85. The van der Waals surface area contributed by atoms with E-state index in [9.17, 15) is 4.79 Å². The predicted molar refractivity (Wildman–Crippen MR) is 127 cm³/mol. The van der Waals surface area contributed by atoms with Crippen molar-refractivity contribution in [3.8, 4) is 11.1 Å². The molecule has 4 saturated carbocycles. The molecule has 0 unspecified atom stereocenters. The highest BCUT2D eigenvalue weighted by molar-refractivity contribution is 7.15. The van der Waals surface area contributed by atoms with E-state index in [0.29, 0.717) is 10.8 Å². The second kappa shape index (κ2) is 7.18. The fraction of sp³-hybridized carbons (Fsp3) is 0.400. The summed E-state index contributed by atoms with van der Waals surface area (Å²) in [6.45, 7) is 0. The highest BCUT2D eigenvalue weighted by Crippen LogP contribution is 2.61. The van der Waals surface area contributed by atoms with Crippen molar-refractivity contribution in [2.45, 2.75) is 43.9 Å². The monoisotopic (exact) mass is 456 g/mol. The van der Waals surface area contributed by atoms with Crippen molar-refractivity contribution >= 4 is 33.4 Å². The third kappa shape index (κ3) is 3.27. The molecule has 4 bridgehead atoms. The number of nitrogens with zero attached hydrogens (tertiary/aromatic N) is 4. The standard InChI is InChI=1S/C25H24N6OS/c32-22(20-9-17(1-3-26-20)19-8-18-2-4-27-21(18)28-13-19)29-24-31-30-23(33-24)25-10-14-5-15(11-25)7-16(6-14)12-25/h1-4,8-9,13-16H,5-7,10-12H2,(H,27,28)(H,29,31,32). The summed E-state index contributed by atoms with van der Waals surface area (Å²) in [6.07, 6.45) is 13.3. The number of anilines is 1. The summed E-state index contributed by atoms with van der Waals surface area (Å²) in [5, 5.41) is 14.6. The van der Waals surface area contributed by atoms with Crippen LogP contribution in [-0.2, 0) is 5.41 Å². The van der Waals surface area contributed by atoms with Crippen molar-refractivity contribution in [3.63, 3.8) is 0 Å². The normalized spacial score (nSPS) is 27.8. The highest BCUT2D eigenvalue weighted by atomic mass is 32.1. The number of hydrogen-bond donors (Lipinski definition) is 2. The molecule has 7 nitrogen and oxygen atoms in total. The van der Waals surface area contributed by atoms with Crippen LogP contribution in [0.3, 0.4) is 0 Å². The summed E-state index contributed by atoms with van der Waals surface area (Å²) in [5.41, 5.74) is 3.23. The van der Waals surface area contributed by atoms with Crippen molar-refractivity contribution in [1.82, 2.24) is 25.1 Å². The number of H-pyrrole nitrogens is 1. The Morgan fingerprint density at radius 1 is 1.00 bits per heavy atom. The largest absolute Gasteiger partial charge is 0.346 e. The molecule has 0 atom stereocenters. The fourth-order valence-corrected chi connectivity index (χ4v) is 7.81. The SMILES string of the molecule is O=C(Nc1nnc(C23CC4CC(CC(C4)C2)C3)s1)c1cc(-c2cnc3[nH]ccc3c2)ccn1. The Balaban J connectivity index is 1.12. The zero-order valence-electron chi connectivity index (χ0n) is 18.1. The lowest BCUT2D eigenvalue weighted by molar-refractivity contribution is -0.00555. The Labute approximate surface area is 195 Å². The zero-order chi connectivity index (χ0) is 22.0. The van der Waals surface area contributed by atoms with E-state index in [2.05, 4.69) is 36.5 Å². The Morgan fingerprint density at radius 2 is 1.79 bits per heavy atom. The molecule has 0 radical (unpaired) electrons. The Morgan fingerprint density at radius 3 is 2.58 bits per heavy atom. The van der Waals surface area contributed by atoms with Crippen molar-refractivity contribution in [2.75, 3.05) is 5.32 Å². The van der Waals surface area contributed by atoms with Crippen molar-refractivity contribution < 1.29 is 4.79 Å². The Hall–Kier alpha value is -3.13. The molecule has 0 aromatic carbocycles. The average molecular weight is 457 g/mol. The number of aromatic nitrogens is 5. The van der Waals surface area contributed by atoms with Gasteiger partial charge < -0.3 is 4.98 Å². The number of carbonyl (C=O) groups excluding carboxylic acids is 1. The second-order valence-corrected chi connectivity index (χ2v) is 11.1. The van der Waals surface area contributed by atoms with Gasteiger partial charge in [0.15, 0.2) is 0 Å². The summed E-state index contributed by atoms with van der Waals surface area (Å²) in [5.74, 6) is 2.29. The van der Waals surface area contributed by atoms with E-state index < -0.39 is 0 Å². The quantitative estimate of drug-likeness (QED) is 0.440. The van der Waals surface area contributed by atoms with Crippen LogP contribution in [0.2, 0.25) is 0 Å².